The second kappa shape index (κ2) is 3.23. The normalized spacial score (nSPS) is 9.36. The molecule has 0 amide bonds. The van der Waals surface area contributed by atoms with Crippen LogP contribution in [0.25, 0.3) is 0 Å². The van der Waals surface area contributed by atoms with E-state index in [9.17, 15) is 0 Å². The van der Waals surface area contributed by atoms with E-state index in [2.05, 4.69) is 10.3 Å². The van der Waals surface area contributed by atoms with E-state index in [-0.39, 0.29) is 0 Å². The Kier molecular flexibility index (Phi) is 2.31. The van der Waals surface area contributed by atoms with Crippen molar-refractivity contribution in [1.29, 1.82) is 0 Å². The largest absolute Gasteiger partial charge is 0.481 e. The van der Waals surface area contributed by atoms with Crippen molar-refractivity contribution >= 4 is 5.82 Å². The van der Waals surface area contributed by atoms with E-state index >= 15 is 0 Å². The first-order valence-corrected chi connectivity index (χ1v) is 3.46. The summed E-state index contributed by atoms with van der Waals surface area (Å²) in [4.78, 5) is 4.14. The second-order valence-electron chi connectivity index (χ2n) is 2.32. The number of aryl methyl sites for hydroxylation is 1. The number of anilines is 1. The van der Waals surface area contributed by atoms with Crippen LogP contribution in [0.3, 0.4) is 0 Å². The van der Waals surface area contributed by atoms with E-state index < -0.39 is 0 Å². The highest BCUT2D eigenvalue weighted by atomic mass is 16.5. The fraction of sp³-hybridized carbons (Fsp3) is 0.375. The van der Waals surface area contributed by atoms with Gasteiger partial charge in [-0.2, -0.15) is 4.98 Å². The summed E-state index contributed by atoms with van der Waals surface area (Å²) in [5.74, 6) is 1.48. The molecule has 0 aliphatic heterocycles. The first-order valence-electron chi connectivity index (χ1n) is 3.46. The van der Waals surface area contributed by atoms with E-state index in [1.165, 1.54) is 0 Å². The average molecular weight is 152 g/mol. The molecule has 3 nitrogen and oxygen atoms in total. The van der Waals surface area contributed by atoms with Gasteiger partial charge in [0.1, 0.15) is 5.82 Å². The Morgan fingerprint density at radius 2 is 2.18 bits per heavy atom. The van der Waals surface area contributed by atoms with E-state index in [0.717, 1.165) is 11.4 Å². The molecule has 0 saturated carbocycles. The number of hydrogen-bond acceptors (Lipinski definition) is 3. The Morgan fingerprint density at radius 3 is 2.73 bits per heavy atom. The molecule has 3 heteroatoms. The molecule has 0 aliphatic rings. The van der Waals surface area contributed by atoms with Crippen LogP contribution in [-0.4, -0.2) is 19.1 Å². The third-order valence-corrected chi connectivity index (χ3v) is 1.41. The Bertz CT molecular complexity index is 226. The van der Waals surface area contributed by atoms with E-state index in [4.69, 9.17) is 4.74 Å². The molecule has 1 rings (SSSR count). The Labute approximate surface area is 66.4 Å². The first-order chi connectivity index (χ1) is 5.26. The molecule has 1 heterocycles. The molecule has 0 spiro atoms. The minimum Gasteiger partial charge on any atom is -0.481 e. The molecule has 0 atom stereocenters. The lowest BCUT2D eigenvalue weighted by Crippen LogP contribution is -1.95. The van der Waals surface area contributed by atoms with Crippen molar-refractivity contribution in [2.75, 3.05) is 19.5 Å². The summed E-state index contributed by atoms with van der Waals surface area (Å²) in [6, 6.07) is 3.85. The maximum Gasteiger partial charge on any atom is 0.215 e. The van der Waals surface area contributed by atoms with Gasteiger partial charge in [-0.3, -0.25) is 0 Å². The van der Waals surface area contributed by atoms with Gasteiger partial charge in [-0.1, -0.05) is 0 Å². The van der Waals surface area contributed by atoms with Crippen molar-refractivity contribution in [3.63, 3.8) is 0 Å². The predicted octanol–water partition coefficient (Wildman–Crippen LogP) is 1.44. The quantitative estimate of drug-likeness (QED) is 0.696. The van der Waals surface area contributed by atoms with Crippen LogP contribution in [0.4, 0.5) is 5.82 Å². The highest BCUT2D eigenvalue weighted by Gasteiger charge is 1.96. The van der Waals surface area contributed by atoms with Gasteiger partial charge in [0.2, 0.25) is 5.88 Å². The predicted molar refractivity (Wildman–Crippen MR) is 45.1 cm³/mol. The molecule has 11 heavy (non-hydrogen) atoms. The third kappa shape index (κ3) is 1.83. The summed E-state index contributed by atoms with van der Waals surface area (Å²) in [5, 5.41) is 2.95. The molecule has 0 fully saturated rings. The van der Waals surface area contributed by atoms with Crippen LogP contribution >= 0.6 is 0 Å². The molecule has 0 aromatic carbocycles. The summed E-state index contributed by atoms with van der Waals surface area (Å²) in [6.07, 6.45) is 0. The van der Waals surface area contributed by atoms with Crippen molar-refractivity contribution in [2.45, 2.75) is 6.92 Å². The number of nitrogens with one attached hydrogen (secondary N) is 1. The van der Waals surface area contributed by atoms with Crippen molar-refractivity contribution in [3.8, 4) is 5.88 Å². The van der Waals surface area contributed by atoms with Crippen LogP contribution in [0, 0.1) is 6.92 Å². The molecule has 1 aromatic rings. The lowest BCUT2D eigenvalue weighted by atomic mass is 10.3. The van der Waals surface area contributed by atoms with Crippen molar-refractivity contribution in [1.82, 2.24) is 4.98 Å². The molecular formula is C8H12N2O. The third-order valence-electron chi connectivity index (χ3n) is 1.41. The molecule has 0 bridgehead atoms. The van der Waals surface area contributed by atoms with E-state index in [1.54, 1.807) is 7.11 Å². The van der Waals surface area contributed by atoms with Crippen LogP contribution in [0.15, 0.2) is 12.1 Å². The van der Waals surface area contributed by atoms with Gasteiger partial charge in [-0.05, 0) is 18.6 Å². The number of pyridine rings is 1. The van der Waals surface area contributed by atoms with Crippen LogP contribution < -0.4 is 10.1 Å². The number of hydrogen-bond donors (Lipinski definition) is 1. The van der Waals surface area contributed by atoms with Gasteiger partial charge in [0, 0.05) is 13.1 Å². The zero-order valence-electron chi connectivity index (χ0n) is 7.01. The average Bonchev–Trinajstić information content (AvgIpc) is 2.03. The lowest BCUT2D eigenvalue weighted by Gasteiger charge is -2.03. The minimum atomic E-state index is 0.648. The van der Waals surface area contributed by atoms with E-state index in [1.807, 2.05) is 26.1 Å². The monoisotopic (exact) mass is 152 g/mol. The fourth-order valence-corrected chi connectivity index (χ4v) is 0.868. The SMILES string of the molecule is CNc1cc(C)cc(OC)n1. The topological polar surface area (TPSA) is 34.1 Å². The smallest absolute Gasteiger partial charge is 0.215 e. The van der Waals surface area contributed by atoms with Gasteiger partial charge < -0.3 is 10.1 Å². The molecule has 0 unspecified atom stereocenters. The highest BCUT2D eigenvalue weighted by molar-refractivity contribution is 5.40. The van der Waals surface area contributed by atoms with Crippen LogP contribution in [0.2, 0.25) is 0 Å². The molecule has 60 valence electrons. The van der Waals surface area contributed by atoms with Crippen molar-refractivity contribution in [2.24, 2.45) is 0 Å². The molecule has 0 radical (unpaired) electrons. The van der Waals surface area contributed by atoms with Crippen LogP contribution in [0.5, 0.6) is 5.88 Å². The summed E-state index contributed by atoms with van der Waals surface area (Å²) in [6.45, 7) is 2.00. The summed E-state index contributed by atoms with van der Waals surface area (Å²) < 4.78 is 4.99. The number of nitrogens with zero attached hydrogens (tertiary/aromatic N) is 1. The first kappa shape index (κ1) is 7.85. The molecule has 0 saturated heterocycles. The Morgan fingerprint density at radius 1 is 1.45 bits per heavy atom. The number of ether oxygens (including phenoxy) is 1. The maximum atomic E-state index is 4.99. The lowest BCUT2D eigenvalue weighted by molar-refractivity contribution is 0.398. The minimum absolute atomic E-state index is 0.648. The van der Waals surface area contributed by atoms with Crippen molar-refractivity contribution < 1.29 is 4.74 Å². The standard InChI is InChI=1S/C8H12N2O/c1-6-4-7(9-2)10-8(5-6)11-3/h4-5H,1-3H3,(H,9,10). The van der Waals surface area contributed by atoms with Crippen LogP contribution in [0.1, 0.15) is 5.56 Å². The zero-order chi connectivity index (χ0) is 8.27. The second-order valence-corrected chi connectivity index (χ2v) is 2.32. The van der Waals surface area contributed by atoms with Crippen molar-refractivity contribution in [3.05, 3.63) is 17.7 Å². The Hall–Kier alpha value is -1.25. The van der Waals surface area contributed by atoms with Gasteiger partial charge in [0.05, 0.1) is 7.11 Å². The zero-order valence-corrected chi connectivity index (χ0v) is 7.01. The maximum absolute atomic E-state index is 4.99. The molecule has 0 aliphatic carbocycles. The van der Waals surface area contributed by atoms with Gasteiger partial charge in [-0.15, -0.1) is 0 Å². The summed E-state index contributed by atoms with van der Waals surface area (Å²) in [5.41, 5.74) is 1.14. The van der Waals surface area contributed by atoms with Gasteiger partial charge in [0.25, 0.3) is 0 Å². The van der Waals surface area contributed by atoms with E-state index in [0.29, 0.717) is 5.88 Å². The highest BCUT2D eigenvalue weighted by Crippen LogP contribution is 2.13. The molecule has 1 aromatic heterocycles. The van der Waals surface area contributed by atoms with Gasteiger partial charge in [-0.25, -0.2) is 0 Å². The number of aromatic nitrogens is 1. The van der Waals surface area contributed by atoms with Crippen LogP contribution in [-0.2, 0) is 0 Å². The molecule has 1 N–H and O–H groups in total. The summed E-state index contributed by atoms with van der Waals surface area (Å²) >= 11 is 0. The fourth-order valence-electron chi connectivity index (χ4n) is 0.868. The van der Waals surface area contributed by atoms with Gasteiger partial charge in [0.15, 0.2) is 0 Å². The number of methoxy groups -OCH3 is 1. The Balaban J connectivity index is 3.02. The van der Waals surface area contributed by atoms with Gasteiger partial charge >= 0.3 is 0 Å². The summed E-state index contributed by atoms with van der Waals surface area (Å²) in [7, 11) is 3.45. The molecular weight excluding hydrogens is 140 g/mol. The number of rotatable bonds is 2.